The summed E-state index contributed by atoms with van der Waals surface area (Å²) in [5, 5.41) is 16.1. The molecule has 0 fully saturated rings. The molecule has 0 atom stereocenters. The Morgan fingerprint density at radius 1 is 0.273 bits per heavy atom. The van der Waals surface area contributed by atoms with Crippen molar-refractivity contribution in [2.75, 3.05) is 0 Å². The number of para-hydroxylation sites is 6. The summed E-state index contributed by atoms with van der Waals surface area (Å²) in [5.41, 5.74) is 20.4. The van der Waals surface area contributed by atoms with E-state index in [-0.39, 0.29) is 0 Å². The number of aromatic nitrogens is 9. The van der Waals surface area contributed by atoms with Gasteiger partial charge in [0.25, 0.3) is 0 Å². The van der Waals surface area contributed by atoms with Crippen molar-refractivity contribution in [3.05, 3.63) is 358 Å². The largest absolute Gasteiger partial charge is 0.450 e. The zero-order chi connectivity index (χ0) is 72.1. The minimum absolute atomic E-state index is 0.627. The molecule has 0 bridgehead atoms. The molecule has 9 aromatic heterocycles. The van der Waals surface area contributed by atoms with Crippen LogP contribution in [0, 0.1) is 0 Å². The number of furan rings is 1. The lowest BCUT2D eigenvalue weighted by molar-refractivity contribution is 0.662. The molecule has 10 nitrogen and oxygen atoms in total. The Balaban J connectivity index is 0.000000132. The third kappa shape index (κ3) is 9.51. The third-order valence-electron chi connectivity index (χ3n) is 22.1. The van der Waals surface area contributed by atoms with Crippen molar-refractivity contribution in [3.63, 3.8) is 0 Å². The molecule has 24 aromatic rings. The van der Waals surface area contributed by atoms with Gasteiger partial charge >= 0.3 is 0 Å². The predicted molar refractivity (Wildman–Crippen MR) is 456 cm³/mol. The molecular formula is C99H59N9OS. The molecule has 0 saturated carbocycles. The number of hydrogen-bond acceptors (Lipinski definition) is 7. The average molecular weight is 1420 g/mol. The Morgan fingerprint density at radius 3 is 1.29 bits per heavy atom. The van der Waals surface area contributed by atoms with Crippen molar-refractivity contribution >= 4 is 162 Å². The number of rotatable bonds is 8. The Bertz CT molecular complexity index is 7440. The van der Waals surface area contributed by atoms with Gasteiger partial charge in [-0.25, -0.2) is 19.9 Å². The van der Waals surface area contributed by atoms with Crippen molar-refractivity contribution in [3.8, 4) is 68.2 Å². The second-order valence-electron chi connectivity index (χ2n) is 28.2. The van der Waals surface area contributed by atoms with Gasteiger partial charge in [-0.15, -0.1) is 11.3 Å². The van der Waals surface area contributed by atoms with Crippen molar-refractivity contribution in [2.45, 2.75) is 0 Å². The van der Waals surface area contributed by atoms with Gasteiger partial charge in [0.05, 0.1) is 60.0 Å². The zero-order valence-electron chi connectivity index (χ0n) is 58.9. The number of benzene rings is 15. The maximum absolute atomic E-state index is 6.82. The Labute approximate surface area is 632 Å². The molecule has 0 N–H and O–H groups in total. The van der Waals surface area contributed by atoms with E-state index in [0.717, 1.165) is 148 Å². The third-order valence-corrected chi connectivity index (χ3v) is 23.2. The van der Waals surface area contributed by atoms with Crippen LogP contribution in [0.5, 0.6) is 0 Å². The molecule has 24 rings (SSSR count). The van der Waals surface area contributed by atoms with Crippen LogP contribution < -0.4 is 0 Å². The van der Waals surface area contributed by atoms with Gasteiger partial charge < -0.3 is 13.6 Å². The lowest BCUT2D eigenvalue weighted by Crippen LogP contribution is -2.02. The fraction of sp³-hybridized carbons (Fsp3) is 0. The fourth-order valence-electron chi connectivity index (χ4n) is 17.2. The number of nitrogens with zero attached hydrogens (tertiary/aromatic N) is 9. The van der Waals surface area contributed by atoms with Crippen molar-refractivity contribution < 1.29 is 4.42 Å². The first-order chi connectivity index (χ1) is 54.6. The van der Waals surface area contributed by atoms with Gasteiger partial charge in [0.1, 0.15) is 11.1 Å². The minimum Gasteiger partial charge on any atom is -0.450 e. The molecule has 0 aliphatic carbocycles. The molecule has 11 heteroatoms. The summed E-state index contributed by atoms with van der Waals surface area (Å²) in [4.78, 5) is 26.9. The van der Waals surface area contributed by atoms with Gasteiger partial charge in [0.15, 0.2) is 28.9 Å². The van der Waals surface area contributed by atoms with Crippen LogP contribution in [0.25, 0.3) is 219 Å². The summed E-state index contributed by atoms with van der Waals surface area (Å²) >= 11 is 1.77. The number of fused-ring (bicyclic) bond motifs is 20. The molecule has 0 radical (unpaired) electrons. The van der Waals surface area contributed by atoms with Crippen LogP contribution in [0.2, 0.25) is 0 Å². The fourth-order valence-corrected chi connectivity index (χ4v) is 18.3. The summed E-state index contributed by atoms with van der Waals surface area (Å²) in [6.07, 6.45) is 1.82. The summed E-state index contributed by atoms with van der Waals surface area (Å²) in [6.45, 7) is 0. The van der Waals surface area contributed by atoms with E-state index in [4.69, 9.17) is 24.4 Å². The molecule has 0 unspecified atom stereocenters. The zero-order valence-corrected chi connectivity index (χ0v) is 59.7. The monoisotopic (exact) mass is 1420 g/mol. The van der Waals surface area contributed by atoms with Crippen LogP contribution in [0.3, 0.4) is 0 Å². The first-order valence-corrected chi connectivity index (χ1v) is 37.8. The van der Waals surface area contributed by atoms with E-state index < -0.39 is 0 Å². The van der Waals surface area contributed by atoms with E-state index in [0.29, 0.717) is 23.0 Å². The van der Waals surface area contributed by atoms with Gasteiger partial charge in [-0.3, -0.25) is 14.1 Å². The molecule has 0 amide bonds. The maximum Gasteiger partial charge on any atom is 0.197 e. The normalized spacial score (nSPS) is 12.0. The lowest BCUT2D eigenvalue weighted by Gasteiger charge is -2.12. The van der Waals surface area contributed by atoms with Crippen molar-refractivity contribution in [2.24, 2.45) is 0 Å². The highest BCUT2D eigenvalue weighted by atomic mass is 32.1. The van der Waals surface area contributed by atoms with E-state index in [9.17, 15) is 0 Å². The Kier molecular flexibility index (Phi) is 13.7. The molecule has 0 saturated heterocycles. The van der Waals surface area contributed by atoms with Gasteiger partial charge in [0, 0.05) is 92.8 Å². The molecular weight excluding hydrogens is 1360 g/mol. The van der Waals surface area contributed by atoms with Crippen LogP contribution in [0.15, 0.2) is 362 Å². The summed E-state index contributed by atoms with van der Waals surface area (Å²) in [7, 11) is 0. The lowest BCUT2D eigenvalue weighted by atomic mass is 10.0. The van der Waals surface area contributed by atoms with E-state index >= 15 is 0 Å². The Hall–Kier alpha value is -14.7. The van der Waals surface area contributed by atoms with E-state index in [2.05, 4.69) is 351 Å². The van der Waals surface area contributed by atoms with Gasteiger partial charge in [-0.2, -0.15) is 0 Å². The van der Waals surface area contributed by atoms with Gasteiger partial charge in [-0.05, 0) is 160 Å². The van der Waals surface area contributed by atoms with Crippen LogP contribution in [-0.4, -0.2) is 43.2 Å². The first kappa shape index (κ1) is 61.6. The average Bonchev–Trinajstić information content (AvgIpc) is 1.55. The first-order valence-electron chi connectivity index (χ1n) is 37.0. The number of pyridine rings is 1. The van der Waals surface area contributed by atoms with Gasteiger partial charge in [0.2, 0.25) is 0 Å². The quantitative estimate of drug-likeness (QED) is 0.150. The van der Waals surface area contributed by atoms with Crippen LogP contribution in [0.1, 0.15) is 0 Å². The highest BCUT2D eigenvalue weighted by Gasteiger charge is 2.28. The second-order valence-corrected chi connectivity index (χ2v) is 29.3. The van der Waals surface area contributed by atoms with Crippen LogP contribution in [-0.2, 0) is 0 Å². The molecule has 15 aromatic carbocycles. The highest BCUT2D eigenvalue weighted by Crippen LogP contribution is 2.47. The van der Waals surface area contributed by atoms with Gasteiger partial charge in [-0.1, -0.05) is 224 Å². The summed E-state index contributed by atoms with van der Waals surface area (Å²) in [6, 6.07) is 125. The van der Waals surface area contributed by atoms with E-state index in [1.54, 1.807) is 11.3 Å². The molecule has 0 spiro atoms. The van der Waals surface area contributed by atoms with Crippen LogP contribution in [0.4, 0.5) is 0 Å². The SMILES string of the molecule is c1ccc(-c2ccc3sc4c(-n5c6ccccc6c6cc7ccccc7cc65)nc(-c5cccc6c5c5ccccc5n6-c5ccccc5)nc4c3c2)cc1.c1ccc(-n2c3ccccc3c3c(-c4nc(-n5c6ccccc6c6cc7ccccc7cc65)c5oc6ccc(-c7ccccn7)cc6c5n4)cccc32)cc1. The van der Waals surface area contributed by atoms with Crippen molar-refractivity contribution in [1.82, 2.24) is 43.2 Å². The van der Waals surface area contributed by atoms with E-state index in [1.807, 2.05) is 30.5 Å². The Morgan fingerprint density at radius 2 is 0.727 bits per heavy atom. The predicted octanol–water partition coefficient (Wildman–Crippen LogP) is 26.0. The molecule has 9 heterocycles. The minimum atomic E-state index is 0.627. The maximum atomic E-state index is 6.82. The number of hydrogen-bond donors (Lipinski definition) is 0. The highest BCUT2D eigenvalue weighted by molar-refractivity contribution is 7.26. The molecule has 512 valence electrons. The topological polar surface area (TPSA) is 97.3 Å². The number of thiophene rings is 1. The second kappa shape index (κ2) is 24.5. The standard InChI is InChI=1S/C50H30N4S.C49H29N5O/c1-3-14-31(15-4-1)34-26-27-45-40(29-34)47-48(55-45)50(54-41-23-11-9-20-36(41)39-28-32-16-7-8-17-33(32)30-44(39)54)52-49(51-47)38-22-13-25-43-46(38)37-21-10-12-24-42(37)53(43)35-18-5-2-6-19-35;1-2-15-33(16-3-1)53-41-22-9-7-18-35(41)45-36(19-12-23-42(45)53)48-51-46-38-28-32(39-20-10-11-26-50-39)24-25-44(38)55-47(46)49(52-48)54-40-21-8-6-17-34(40)37-27-30-13-4-5-14-31(30)29-43(37)54/h1-30H;1-29H. The summed E-state index contributed by atoms with van der Waals surface area (Å²) < 4.78 is 18.4. The molecule has 0 aliphatic heterocycles. The smallest absolute Gasteiger partial charge is 0.197 e. The van der Waals surface area contributed by atoms with E-state index in [1.165, 1.54) is 48.1 Å². The molecule has 110 heavy (non-hydrogen) atoms. The molecule has 0 aliphatic rings. The van der Waals surface area contributed by atoms with Crippen molar-refractivity contribution in [1.29, 1.82) is 0 Å². The van der Waals surface area contributed by atoms with Crippen LogP contribution >= 0.6 is 11.3 Å². The summed E-state index contributed by atoms with van der Waals surface area (Å²) in [5.74, 6) is 2.93.